The largest absolute Gasteiger partial charge is 0.395 e. The lowest BCUT2D eigenvalue weighted by Crippen LogP contribution is -2.07. The minimum Gasteiger partial charge on any atom is -0.395 e. The second kappa shape index (κ2) is 5.33. The quantitative estimate of drug-likeness (QED) is 0.530. The molecule has 0 aromatic rings. The van der Waals surface area contributed by atoms with E-state index in [1.54, 1.807) is 10.8 Å². The number of aliphatic hydroxyl groups is 1. The molecule has 0 aliphatic carbocycles. The first-order valence-corrected chi connectivity index (χ1v) is 5.90. The maximum atomic E-state index is 8.46. The van der Waals surface area contributed by atoms with Gasteiger partial charge in [-0.05, 0) is 5.41 Å². The van der Waals surface area contributed by atoms with Crippen molar-refractivity contribution in [1.82, 2.24) is 0 Å². The molecule has 3 heteroatoms. The van der Waals surface area contributed by atoms with Crippen molar-refractivity contribution in [2.45, 2.75) is 20.8 Å². The monoisotopic (exact) mass is 180 g/mol. The molecule has 0 aromatic heterocycles. The zero-order chi connectivity index (χ0) is 8.04. The highest BCUT2D eigenvalue weighted by atomic mass is 33.1. The molecule has 0 spiro atoms. The summed E-state index contributed by atoms with van der Waals surface area (Å²) < 4.78 is 0. The molecular weight excluding hydrogens is 164 g/mol. The van der Waals surface area contributed by atoms with Gasteiger partial charge < -0.3 is 5.11 Å². The Morgan fingerprint density at radius 3 is 2.20 bits per heavy atom. The van der Waals surface area contributed by atoms with E-state index in [2.05, 4.69) is 20.8 Å². The molecule has 0 saturated heterocycles. The summed E-state index contributed by atoms with van der Waals surface area (Å²) in [6.07, 6.45) is 0. The van der Waals surface area contributed by atoms with E-state index in [0.717, 1.165) is 11.5 Å². The Hall–Kier alpha value is 0.660. The molecule has 0 unspecified atom stereocenters. The van der Waals surface area contributed by atoms with Crippen LogP contribution in [0.1, 0.15) is 20.8 Å². The second-order valence-corrected chi connectivity index (χ2v) is 5.95. The molecule has 0 saturated carbocycles. The van der Waals surface area contributed by atoms with E-state index >= 15 is 0 Å². The SMILES string of the molecule is CC(C)(C)CSSCCO. The summed E-state index contributed by atoms with van der Waals surface area (Å²) in [6.45, 7) is 6.96. The van der Waals surface area contributed by atoms with Crippen molar-refractivity contribution >= 4 is 21.6 Å². The van der Waals surface area contributed by atoms with Crippen LogP contribution in [0.15, 0.2) is 0 Å². The van der Waals surface area contributed by atoms with Gasteiger partial charge in [-0.1, -0.05) is 42.4 Å². The van der Waals surface area contributed by atoms with Gasteiger partial charge >= 0.3 is 0 Å². The van der Waals surface area contributed by atoms with Crippen molar-refractivity contribution in [1.29, 1.82) is 0 Å². The summed E-state index contributed by atoms with van der Waals surface area (Å²) in [5, 5.41) is 8.46. The van der Waals surface area contributed by atoms with Gasteiger partial charge in [0.2, 0.25) is 0 Å². The Morgan fingerprint density at radius 1 is 1.20 bits per heavy atom. The first-order valence-electron chi connectivity index (χ1n) is 3.41. The van der Waals surface area contributed by atoms with Crippen molar-refractivity contribution in [3.8, 4) is 0 Å². The summed E-state index contributed by atoms with van der Waals surface area (Å²) in [6, 6.07) is 0. The molecule has 0 radical (unpaired) electrons. The zero-order valence-electron chi connectivity index (χ0n) is 6.89. The fourth-order valence-corrected chi connectivity index (χ4v) is 2.83. The van der Waals surface area contributed by atoms with E-state index < -0.39 is 0 Å². The first kappa shape index (κ1) is 10.7. The normalized spacial score (nSPS) is 12.0. The van der Waals surface area contributed by atoms with Crippen molar-refractivity contribution in [2.75, 3.05) is 18.1 Å². The standard InChI is InChI=1S/C7H16OS2/c1-7(2,3)6-10-9-5-4-8/h8H,4-6H2,1-3H3. The van der Waals surface area contributed by atoms with Crippen LogP contribution in [0.2, 0.25) is 0 Å². The highest BCUT2D eigenvalue weighted by Crippen LogP contribution is 2.28. The number of hydrogen-bond acceptors (Lipinski definition) is 3. The van der Waals surface area contributed by atoms with E-state index in [1.807, 2.05) is 10.8 Å². The van der Waals surface area contributed by atoms with Crippen molar-refractivity contribution in [3.63, 3.8) is 0 Å². The van der Waals surface area contributed by atoms with Crippen molar-refractivity contribution in [3.05, 3.63) is 0 Å². The van der Waals surface area contributed by atoms with Gasteiger partial charge in [-0.25, -0.2) is 0 Å². The zero-order valence-corrected chi connectivity index (χ0v) is 8.52. The lowest BCUT2D eigenvalue weighted by Gasteiger charge is -2.16. The van der Waals surface area contributed by atoms with Crippen LogP contribution in [0.3, 0.4) is 0 Å². The molecule has 62 valence electrons. The summed E-state index contributed by atoms with van der Waals surface area (Å²) >= 11 is 0. The van der Waals surface area contributed by atoms with Gasteiger partial charge in [-0.15, -0.1) is 0 Å². The summed E-state index contributed by atoms with van der Waals surface area (Å²) in [4.78, 5) is 0. The van der Waals surface area contributed by atoms with E-state index in [1.165, 1.54) is 0 Å². The predicted octanol–water partition coefficient (Wildman–Crippen LogP) is 2.41. The van der Waals surface area contributed by atoms with Crippen LogP contribution in [0.4, 0.5) is 0 Å². The molecule has 0 aliphatic rings. The third kappa shape index (κ3) is 8.66. The number of rotatable bonds is 4. The average molecular weight is 180 g/mol. The molecule has 0 aliphatic heterocycles. The lowest BCUT2D eigenvalue weighted by molar-refractivity contribution is 0.323. The summed E-state index contributed by atoms with van der Waals surface area (Å²) in [5.41, 5.74) is 0.410. The van der Waals surface area contributed by atoms with Crippen LogP contribution in [0, 0.1) is 5.41 Å². The molecule has 0 rings (SSSR count). The smallest absolute Gasteiger partial charge is 0.0530 e. The molecule has 0 aromatic carbocycles. The molecule has 0 amide bonds. The van der Waals surface area contributed by atoms with Crippen LogP contribution < -0.4 is 0 Å². The molecule has 10 heavy (non-hydrogen) atoms. The number of aliphatic hydroxyl groups excluding tert-OH is 1. The van der Waals surface area contributed by atoms with Crippen LogP contribution in [-0.4, -0.2) is 23.2 Å². The maximum absolute atomic E-state index is 8.46. The summed E-state index contributed by atoms with van der Waals surface area (Å²) in [7, 11) is 3.59. The van der Waals surface area contributed by atoms with E-state index in [-0.39, 0.29) is 0 Å². The Morgan fingerprint density at radius 2 is 1.80 bits per heavy atom. The molecule has 0 bridgehead atoms. The van der Waals surface area contributed by atoms with Gasteiger partial charge in [-0.3, -0.25) is 0 Å². The Labute approximate surface area is 71.4 Å². The fraction of sp³-hybridized carbons (Fsp3) is 1.00. The molecule has 1 nitrogen and oxygen atoms in total. The highest BCUT2D eigenvalue weighted by molar-refractivity contribution is 8.76. The van der Waals surface area contributed by atoms with Crippen LogP contribution in [0.5, 0.6) is 0 Å². The first-order chi connectivity index (χ1) is 4.56. The average Bonchev–Trinajstić information content (AvgIpc) is 1.78. The lowest BCUT2D eigenvalue weighted by atomic mass is 10.0. The van der Waals surface area contributed by atoms with Gasteiger partial charge in [0.15, 0.2) is 0 Å². The van der Waals surface area contributed by atoms with Gasteiger partial charge in [0.1, 0.15) is 0 Å². The number of hydrogen-bond donors (Lipinski definition) is 1. The van der Waals surface area contributed by atoms with Gasteiger partial charge in [0, 0.05) is 11.5 Å². The topological polar surface area (TPSA) is 20.2 Å². The van der Waals surface area contributed by atoms with Gasteiger partial charge in [-0.2, -0.15) is 0 Å². The van der Waals surface area contributed by atoms with Crippen molar-refractivity contribution in [2.24, 2.45) is 5.41 Å². The summed E-state index contributed by atoms with van der Waals surface area (Å²) in [5.74, 6) is 2.00. The molecule has 0 atom stereocenters. The van der Waals surface area contributed by atoms with E-state index in [0.29, 0.717) is 12.0 Å². The Kier molecular flexibility index (Phi) is 5.68. The minimum atomic E-state index is 0.293. The van der Waals surface area contributed by atoms with Crippen molar-refractivity contribution < 1.29 is 5.11 Å². The third-order valence-electron chi connectivity index (χ3n) is 0.750. The second-order valence-electron chi connectivity index (χ2n) is 3.37. The fourth-order valence-electron chi connectivity index (χ4n) is 0.315. The predicted molar refractivity (Wildman–Crippen MR) is 51.5 cm³/mol. The Balaban J connectivity index is 3.04. The van der Waals surface area contributed by atoms with E-state index in [9.17, 15) is 0 Å². The van der Waals surface area contributed by atoms with Gasteiger partial charge in [0.05, 0.1) is 6.61 Å². The van der Waals surface area contributed by atoms with Gasteiger partial charge in [0.25, 0.3) is 0 Å². The maximum Gasteiger partial charge on any atom is 0.0530 e. The molecule has 1 N–H and O–H groups in total. The minimum absolute atomic E-state index is 0.293. The third-order valence-corrected chi connectivity index (χ3v) is 3.60. The Bertz CT molecular complexity index is 78.2. The van der Waals surface area contributed by atoms with Crippen LogP contribution in [-0.2, 0) is 0 Å². The molecule has 0 fully saturated rings. The van der Waals surface area contributed by atoms with E-state index in [4.69, 9.17) is 5.11 Å². The highest BCUT2D eigenvalue weighted by Gasteiger charge is 2.09. The molecular formula is C7H16OS2. The van der Waals surface area contributed by atoms with Crippen LogP contribution in [0.25, 0.3) is 0 Å². The molecule has 0 heterocycles. The van der Waals surface area contributed by atoms with Crippen LogP contribution >= 0.6 is 21.6 Å².